The number of anilines is 1. The van der Waals surface area contributed by atoms with Crippen molar-refractivity contribution in [2.45, 2.75) is 19.9 Å². The second-order valence-corrected chi connectivity index (χ2v) is 7.24. The molecule has 1 saturated heterocycles. The van der Waals surface area contributed by atoms with E-state index in [1.807, 2.05) is 24.3 Å². The Kier molecular flexibility index (Phi) is 6.08. The molecule has 1 aliphatic heterocycles. The van der Waals surface area contributed by atoms with Crippen LogP contribution < -0.4 is 10.6 Å². The van der Waals surface area contributed by atoms with E-state index in [9.17, 15) is 9.59 Å². The topological polar surface area (TPSA) is 85.0 Å². The van der Waals surface area contributed by atoms with Crippen molar-refractivity contribution < 1.29 is 9.53 Å². The van der Waals surface area contributed by atoms with Crippen LogP contribution in [0.4, 0.5) is 5.82 Å². The minimum Gasteiger partial charge on any atom is -0.462 e. The van der Waals surface area contributed by atoms with Gasteiger partial charge in [-0.25, -0.2) is 19.3 Å². The highest BCUT2D eigenvalue weighted by atomic mass is 16.5. The third-order valence-electron chi connectivity index (χ3n) is 5.29. The van der Waals surface area contributed by atoms with Gasteiger partial charge in [-0.05, 0) is 44.2 Å². The molecule has 0 radical (unpaired) electrons. The van der Waals surface area contributed by atoms with Crippen LogP contribution in [-0.2, 0) is 11.3 Å². The van der Waals surface area contributed by atoms with E-state index in [0.717, 1.165) is 45.0 Å². The Bertz CT molecular complexity index is 1060. The molecule has 3 aromatic heterocycles. The highest BCUT2D eigenvalue weighted by molar-refractivity contribution is 5.89. The number of nitrogens with zero attached hydrogens (tertiary/aromatic N) is 6. The van der Waals surface area contributed by atoms with Crippen LogP contribution in [0.3, 0.4) is 0 Å². The van der Waals surface area contributed by atoms with Crippen LogP contribution >= 0.6 is 0 Å². The molecule has 9 nitrogen and oxygen atoms in total. The Hall–Kier alpha value is -3.20. The van der Waals surface area contributed by atoms with Crippen LogP contribution in [0.1, 0.15) is 23.7 Å². The van der Waals surface area contributed by atoms with Crippen molar-refractivity contribution in [3.8, 4) is 0 Å². The number of aromatic nitrogens is 4. The van der Waals surface area contributed by atoms with Crippen LogP contribution in [0.2, 0.25) is 0 Å². The molecule has 0 unspecified atom stereocenters. The maximum absolute atomic E-state index is 12.4. The molecule has 0 saturated carbocycles. The first kappa shape index (κ1) is 20.1. The molecular formula is C21H26N6O3. The minimum absolute atomic E-state index is 0.104. The van der Waals surface area contributed by atoms with E-state index in [0.29, 0.717) is 24.4 Å². The zero-order valence-electron chi connectivity index (χ0n) is 17.1. The number of esters is 1. The van der Waals surface area contributed by atoms with Gasteiger partial charge in [-0.3, -0.25) is 9.30 Å². The van der Waals surface area contributed by atoms with Crippen molar-refractivity contribution in [2.24, 2.45) is 0 Å². The lowest BCUT2D eigenvalue weighted by Gasteiger charge is -2.22. The second-order valence-electron chi connectivity index (χ2n) is 7.24. The predicted octanol–water partition coefficient (Wildman–Crippen LogP) is 1.28. The SMILES string of the molecule is CCOC(=O)c1ccc(N2CCCN(CCn3nc4ccccn4c3=O)CC2)nc1. The van der Waals surface area contributed by atoms with E-state index in [-0.39, 0.29) is 11.7 Å². The maximum atomic E-state index is 12.4. The summed E-state index contributed by atoms with van der Waals surface area (Å²) in [7, 11) is 0. The Morgan fingerprint density at radius 1 is 1.10 bits per heavy atom. The van der Waals surface area contributed by atoms with Gasteiger partial charge in [-0.15, -0.1) is 5.10 Å². The molecule has 1 fully saturated rings. The Morgan fingerprint density at radius 2 is 2.00 bits per heavy atom. The maximum Gasteiger partial charge on any atom is 0.350 e. The number of hydrogen-bond acceptors (Lipinski definition) is 7. The first-order valence-corrected chi connectivity index (χ1v) is 10.3. The Morgan fingerprint density at radius 3 is 2.77 bits per heavy atom. The number of fused-ring (bicyclic) bond motifs is 1. The molecular weight excluding hydrogens is 384 g/mol. The molecule has 0 spiro atoms. The van der Waals surface area contributed by atoms with E-state index in [4.69, 9.17) is 4.74 Å². The molecule has 4 rings (SSSR count). The van der Waals surface area contributed by atoms with Gasteiger partial charge in [-0.2, -0.15) is 0 Å². The number of carbonyl (C=O) groups excluding carboxylic acids is 1. The van der Waals surface area contributed by atoms with Crippen LogP contribution in [0.25, 0.3) is 5.65 Å². The van der Waals surface area contributed by atoms with Crippen molar-refractivity contribution >= 4 is 17.4 Å². The number of pyridine rings is 2. The summed E-state index contributed by atoms with van der Waals surface area (Å²) in [6.45, 7) is 7.04. The summed E-state index contributed by atoms with van der Waals surface area (Å²) in [6, 6.07) is 9.18. The molecule has 30 heavy (non-hydrogen) atoms. The molecule has 0 atom stereocenters. The molecule has 0 amide bonds. The van der Waals surface area contributed by atoms with Gasteiger partial charge in [0.1, 0.15) is 5.82 Å². The standard InChI is InChI=1S/C21H26N6O3/c1-2-30-20(28)17-7-8-18(22-16-17)25-10-5-9-24(12-14-25)13-15-27-21(29)26-11-4-3-6-19(26)23-27/h3-4,6-8,11,16H,2,5,9-10,12-15H2,1H3. The number of carbonyl (C=O) groups is 1. The van der Waals surface area contributed by atoms with Gasteiger partial charge in [-0.1, -0.05) is 6.07 Å². The molecule has 0 bridgehead atoms. The molecule has 158 valence electrons. The molecule has 3 aromatic rings. The fraction of sp³-hybridized carbons (Fsp3) is 0.429. The monoisotopic (exact) mass is 410 g/mol. The highest BCUT2D eigenvalue weighted by Crippen LogP contribution is 2.15. The summed E-state index contributed by atoms with van der Waals surface area (Å²) in [5, 5.41) is 4.40. The number of rotatable bonds is 6. The van der Waals surface area contributed by atoms with Crippen molar-refractivity contribution in [3.05, 3.63) is 58.8 Å². The van der Waals surface area contributed by atoms with Crippen molar-refractivity contribution in [1.82, 2.24) is 24.1 Å². The van der Waals surface area contributed by atoms with Crippen LogP contribution in [0, 0.1) is 0 Å². The van der Waals surface area contributed by atoms with Gasteiger partial charge in [0.15, 0.2) is 5.65 Å². The van der Waals surface area contributed by atoms with Gasteiger partial charge in [0.25, 0.3) is 0 Å². The normalized spacial score (nSPS) is 15.3. The molecule has 0 aromatic carbocycles. The summed E-state index contributed by atoms with van der Waals surface area (Å²) in [4.78, 5) is 33.2. The third-order valence-corrected chi connectivity index (χ3v) is 5.29. The second kappa shape index (κ2) is 9.08. The highest BCUT2D eigenvalue weighted by Gasteiger charge is 2.17. The van der Waals surface area contributed by atoms with Gasteiger partial charge < -0.3 is 9.64 Å². The zero-order valence-corrected chi connectivity index (χ0v) is 17.1. The van der Waals surface area contributed by atoms with E-state index < -0.39 is 0 Å². The first-order valence-electron chi connectivity index (χ1n) is 10.3. The third kappa shape index (κ3) is 4.35. The largest absolute Gasteiger partial charge is 0.462 e. The fourth-order valence-electron chi connectivity index (χ4n) is 3.68. The molecule has 0 aliphatic carbocycles. The van der Waals surface area contributed by atoms with E-state index in [1.165, 1.54) is 4.68 Å². The van der Waals surface area contributed by atoms with Crippen molar-refractivity contribution in [3.63, 3.8) is 0 Å². The van der Waals surface area contributed by atoms with Crippen LogP contribution in [0.5, 0.6) is 0 Å². The molecule has 4 heterocycles. The molecule has 1 aliphatic rings. The minimum atomic E-state index is -0.347. The van der Waals surface area contributed by atoms with Gasteiger partial charge in [0.05, 0.1) is 18.7 Å². The lowest BCUT2D eigenvalue weighted by Crippen LogP contribution is -2.34. The van der Waals surface area contributed by atoms with Crippen molar-refractivity contribution in [1.29, 1.82) is 0 Å². The number of hydrogen-bond donors (Lipinski definition) is 0. The average Bonchev–Trinajstić information content (AvgIpc) is 2.93. The fourth-order valence-corrected chi connectivity index (χ4v) is 3.68. The summed E-state index contributed by atoms with van der Waals surface area (Å²) >= 11 is 0. The quantitative estimate of drug-likeness (QED) is 0.566. The van der Waals surface area contributed by atoms with Gasteiger partial charge >= 0.3 is 11.7 Å². The lowest BCUT2D eigenvalue weighted by atomic mass is 10.2. The van der Waals surface area contributed by atoms with E-state index >= 15 is 0 Å². The summed E-state index contributed by atoms with van der Waals surface area (Å²) < 4.78 is 8.11. The smallest absolute Gasteiger partial charge is 0.350 e. The summed E-state index contributed by atoms with van der Waals surface area (Å²) in [6.07, 6.45) is 4.32. The molecule has 9 heteroatoms. The van der Waals surface area contributed by atoms with Gasteiger partial charge in [0.2, 0.25) is 0 Å². The van der Waals surface area contributed by atoms with E-state index in [2.05, 4.69) is 19.9 Å². The molecule has 0 N–H and O–H groups in total. The summed E-state index contributed by atoms with van der Waals surface area (Å²) in [5.74, 6) is 0.516. The predicted molar refractivity (Wildman–Crippen MR) is 113 cm³/mol. The Balaban J connectivity index is 1.34. The van der Waals surface area contributed by atoms with E-state index in [1.54, 1.807) is 29.8 Å². The summed E-state index contributed by atoms with van der Waals surface area (Å²) in [5.41, 5.74) is 1.03. The lowest BCUT2D eigenvalue weighted by molar-refractivity contribution is 0.0526. The van der Waals surface area contributed by atoms with Crippen molar-refractivity contribution in [2.75, 3.05) is 44.2 Å². The van der Waals surface area contributed by atoms with Gasteiger partial charge in [0, 0.05) is 38.6 Å². The zero-order chi connectivity index (χ0) is 20.9. The average molecular weight is 410 g/mol. The number of ether oxygens (including phenoxy) is 1. The Labute approximate surface area is 174 Å². The first-order chi connectivity index (χ1) is 14.7. The van der Waals surface area contributed by atoms with Crippen LogP contribution in [-0.4, -0.2) is 69.4 Å². The van der Waals surface area contributed by atoms with Crippen LogP contribution in [0.15, 0.2) is 47.5 Å².